The van der Waals surface area contributed by atoms with Crippen molar-refractivity contribution in [1.82, 2.24) is 20.2 Å². The highest BCUT2D eigenvalue weighted by molar-refractivity contribution is 5.83. The van der Waals surface area contributed by atoms with Gasteiger partial charge in [0.1, 0.15) is 12.1 Å². The molecule has 1 N–H and O–H groups in total. The minimum Gasteiger partial charge on any atom is -0.335 e. The maximum Gasteiger partial charge on any atom is 0.230 e. The van der Waals surface area contributed by atoms with Crippen molar-refractivity contribution >= 4 is 5.91 Å². The SMILES string of the molecule is CC(C(=O)N(Cc1cncnc1)C1CCCNCC1)c1ccccc1F. The second-order valence-corrected chi connectivity index (χ2v) is 6.79. The number of hydrogen-bond acceptors (Lipinski definition) is 4. The zero-order valence-electron chi connectivity index (χ0n) is 15.1. The van der Waals surface area contributed by atoms with Crippen LogP contribution in [0.15, 0.2) is 43.0 Å². The molecular formula is C20H25FN4O. The largest absolute Gasteiger partial charge is 0.335 e. The lowest BCUT2D eigenvalue weighted by Gasteiger charge is -2.33. The predicted octanol–water partition coefficient (Wildman–Crippen LogP) is 2.89. The van der Waals surface area contributed by atoms with Crippen molar-refractivity contribution < 1.29 is 9.18 Å². The second kappa shape index (κ2) is 8.85. The van der Waals surface area contributed by atoms with Crippen LogP contribution in [-0.2, 0) is 11.3 Å². The van der Waals surface area contributed by atoms with E-state index in [4.69, 9.17) is 0 Å². The Balaban J connectivity index is 1.85. The lowest BCUT2D eigenvalue weighted by Crippen LogP contribution is -2.42. The number of carbonyl (C=O) groups excluding carboxylic acids is 1. The minimum atomic E-state index is -0.531. The summed E-state index contributed by atoms with van der Waals surface area (Å²) in [4.78, 5) is 23.3. The molecule has 1 aromatic heterocycles. The van der Waals surface area contributed by atoms with E-state index in [2.05, 4.69) is 15.3 Å². The molecule has 138 valence electrons. The fourth-order valence-electron chi connectivity index (χ4n) is 3.52. The molecule has 2 aromatic rings. The first-order chi connectivity index (χ1) is 12.7. The molecule has 0 saturated carbocycles. The number of nitrogens with one attached hydrogen (secondary N) is 1. The first-order valence-corrected chi connectivity index (χ1v) is 9.16. The first kappa shape index (κ1) is 18.5. The maximum absolute atomic E-state index is 14.2. The Labute approximate surface area is 153 Å². The molecule has 0 spiro atoms. The van der Waals surface area contributed by atoms with Gasteiger partial charge in [-0.2, -0.15) is 0 Å². The Hall–Kier alpha value is -2.34. The number of aromatic nitrogens is 2. The van der Waals surface area contributed by atoms with Gasteiger partial charge in [-0.1, -0.05) is 18.2 Å². The molecule has 1 saturated heterocycles. The molecule has 1 aromatic carbocycles. The van der Waals surface area contributed by atoms with E-state index in [0.717, 1.165) is 37.9 Å². The number of hydrogen-bond donors (Lipinski definition) is 1. The van der Waals surface area contributed by atoms with Gasteiger partial charge in [-0.15, -0.1) is 0 Å². The molecule has 2 heterocycles. The van der Waals surface area contributed by atoms with Crippen molar-refractivity contribution in [3.63, 3.8) is 0 Å². The predicted molar refractivity (Wildman–Crippen MR) is 97.9 cm³/mol. The summed E-state index contributed by atoms with van der Waals surface area (Å²) in [5, 5.41) is 3.38. The van der Waals surface area contributed by atoms with Crippen LogP contribution in [0.4, 0.5) is 4.39 Å². The van der Waals surface area contributed by atoms with Crippen molar-refractivity contribution in [2.75, 3.05) is 13.1 Å². The zero-order chi connectivity index (χ0) is 18.4. The van der Waals surface area contributed by atoms with Gasteiger partial charge in [0, 0.05) is 30.5 Å². The van der Waals surface area contributed by atoms with Crippen LogP contribution in [0.1, 0.15) is 43.2 Å². The number of benzene rings is 1. The van der Waals surface area contributed by atoms with Crippen molar-refractivity contribution in [3.8, 4) is 0 Å². The van der Waals surface area contributed by atoms with E-state index in [0.29, 0.717) is 12.1 Å². The second-order valence-electron chi connectivity index (χ2n) is 6.79. The van der Waals surface area contributed by atoms with Gasteiger partial charge in [0.05, 0.1) is 5.92 Å². The third-order valence-corrected chi connectivity index (χ3v) is 4.98. The third-order valence-electron chi connectivity index (χ3n) is 4.98. The lowest BCUT2D eigenvalue weighted by molar-refractivity contribution is -0.135. The molecule has 6 heteroatoms. The van der Waals surface area contributed by atoms with E-state index in [1.165, 1.54) is 12.4 Å². The van der Waals surface area contributed by atoms with Gasteiger partial charge in [0.2, 0.25) is 5.91 Å². The molecule has 1 aliphatic rings. The first-order valence-electron chi connectivity index (χ1n) is 9.16. The quantitative estimate of drug-likeness (QED) is 0.895. The summed E-state index contributed by atoms with van der Waals surface area (Å²) in [5.41, 5.74) is 1.33. The summed E-state index contributed by atoms with van der Waals surface area (Å²) in [6, 6.07) is 6.64. The number of halogens is 1. The van der Waals surface area contributed by atoms with E-state index >= 15 is 0 Å². The van der Waals surface area contributed by atoms with E-state index in [-0.39, 0.29) is 17.8 Å². The van der Waals surface area contributed by atoms with Gasteiger partial charge < -0.3 is 10.2 Å². The maximum atomic E-state index is 14.2. The molecule has 2 atom stereocenters. The van der Waals surface area contributed by atoms with Crippen LogP contribution in [0.3, 0.4) is 0 Å². The molecule has 5 nitrogen and oxygen atoms in total. The van der Waals surface area contributed by atoms with Gasteiger partial charge in [0.25, 0.3) is 0 Å². The zero-order valence-corrected chi connectivity index (χ0v) is 15.1. The Morgan fingerprint density at radius 1 is 1.27 bits per heavy atom. The van der Waals surface area contributed by atoms with Crippen LogP contribution in [0.5, 0.6) is 0 Å². The Bertz CT molecular complexity index is 717. The van der Waals surface area contributed by atoms with Crippen LogP contribution in [-0.4, -0.2) is 39.9 Å². The average Bonchev–Trinajstić information content (AvgIpc) is 2.95. The summed E-state index contributed by atoms with van der Waals surface area (Å²) in [5.74, 6) is -0.915. The highest BCUT2D eigenvalue weighted by atomic mass is 19.1. The average molecular weight is 356 g/mol. The molecule has 3 rings (SSSR count). The number of nitrogens with zero attached hydrogens (tertiary/aromatic N) is 3. The Kier molecular flexibility index (Phi) is 6.28. The molecular weight excluding hydrogens is 331 g/mol. The Morgan fingerprint density at radius 3 is 2.81 bits per heavy atom. The number of amides is 1. The van der Waals surface area contributed by atoms with Crippen molar-refractivity contribution in [2.24, 2.45) is 0 Å². The Morgan fingerprint density at radius 2 is 2.04 bits per heavy atom. The topological polar surface area (TPSA) is 58.1 Å². The van der Waals surface area contributed by atoms with Gasteiger partial charge in [0.15, 0.2) is 0 Å². The van der Waals surface area contributed by atoms with E-state index in [1.54, 1.807) is 37.5 Å². The number of carbonyl (C=O) groups is 1. The minimum absolute atomic E-state index is 0.0501. The third kappa shape index (κ3) is 4.43. The standard InChI is InChI=1S/C20H25FN4O/c1-15(18-6-2-3-7-19(18)21)20(26)25(13-16-11-23-14-24-12-16)17-5-4-9-22-10-8-17/h2-3,6-7,11-12,14-15,17,22H,4-5,8-10,13H2,1H3. The van der Waals surface area contributed by atoms with Crippen LogP contribution in [0.25, 0.3) is 0 Å². The van der Waals surface area contributed by atoms with Crippen molar-refractivity contribution in [2.45, 2.75) is 44.7 Å². The fraction of sp³-hybridized carbons (Fsp3) is 0.450. The van der Waals surface area contributed by atoms with E-state index < -0.39 is 5.92 Å². The normalized spacial score (nSPS) is 18.8. The molecule has 1 aliphatic heterocycles. The summed E-state index contributed by atoms with van der Waals surface area (Å²) in [6.45, 7) is 4.08. The molecule has 26 heavy (non-hydrogen) atoms. The lowest BCUT2D eigenvalue weighted by atomic mass is 9.96. The molecule has 1 fully saturated rings. The summed E-state index contributed by atoms with van der Waals surface area (Å²) in [6.07, 6.45) is 7.80. The van der Waals surface area contributed by atoms with E-state index in [1.807, 2.05) is 4.90 Å². The monoisotopic (exact) mass is 356 g/mol. The van der Waals surface area contributed by atoms with Gasteiger partial charge in [-0.05, 0) is 50.9 Å². The molecule has 2 unspecified atom stereocenters. The fourth-order valence-corrected chi connectivity index (χ4v) is 3.52. The highest BCUT2D eigenvalue weighted by Crippen LogP contribution is 2.25. The van der Waals surface area contributed by atoms with Crippen molar-refractivity contribution in [3.05, 3.63) is 59.9 Å². The van der Waals surface area contributed by atoms with Gasteiger partial charge in [-0.3, -0.25) is 4.79 Å². The molecule has 1 amide bonds. The van der Waals surface area contributed by atoms with Crippen LogP contribution in [0.2, 0.25) is 0 Å². The molecule has 0 radical (unpaired) electrons. The molecule has 0 bridgehead atoms. The summed E-state index contributed by atoms with van der Waals surface area (Å²) >= 11 is 0. The van der Waals surface area contributed by atoms with E-state index in [9.17, 15) is 9.18 Å². The van der Waals surface area contributed by atoms with Crippen LogP contribution in [0, 0.1) is 5.82 Å². The summed E-state index contributed by atoms with van der Waals surface area (Å²) < 4.78 is 14.2. The van der Waals surface area contributed by atoms with Crippen LogP contribution < -0.4 is 5.32 Å². The van der Waals surface area contributed by atoms with Crippen molar-refractivity contribution in [1.29, 1.82) is 0 Å². The molecule has 0 aliphatic carbocycles. The smallest absolute Gasteiger partial charge is 0.230 e. The highest BCUT2D eigenvalue weighted by Gasteiger charge is 2.30. The summed E-state index contributed by atoms with van der Waals surface area (Å²) in [7, 11) is 0. The van der Waals surface area contributed by atoms with Gasteiger partial charge in [-0.25, -0.2) is 14.4 Å². The number of rotatable bonds is 5. The van der Waals surface area contributed by atoms with Gasteiger partial charge >= 0.3 is 0 Å². The van der Waals surface area contributed by atoms with Crippen LogP contribution >= 0.6 is 0 Å².